The third-order valence-electron chi connectivity index (χ3n) is 2.78. The molecule has 108 valence electrons. The number of benzene rings is 1. The van der Waals surface area contributed by atoms with Crippen molar-refractivity contribution in [1.82, 2.24) is 0 Å². The zero-order valence-electron chi connectivity index (χ0n) is 11.2. The number of ether oxygens (including phenoxy) is 2. The minimum atomic E-state index is -3.49. The summed E-state index contributed by atoms with van der Waals surface area (Å²) in [5.74, 6) is -0.808. The summed E-state index contributed by atoms with van der Waals surface area (Å²) in [6.45, 7) is 2.48. The molecule has 0 radical (unpaired) electrons. The second kappa shape index (κ2) is 7.38. The first kappa shape index (κ1) is 15.8. The molecular formula is C14H19F3O2. The lowest BCUT2D eigenvalue weighted by Crippen LogP contribution is -2.16. The topological polar surface area (TPSA) is 18.5 Å². The molecule has 0 aliphatic carbocycles. The first-order chi connectivity index (χ1) is 9.01. The van der Waals surface area contributed by atoms with Gasteiger partial charge in [0.05, 0.1) is 12.2 Å². The summed E-state index contributed by atoms with van der Waals surface area (Å²) in [5.41, 5.74) is -0.522. The standard InChI is InChI=1S/C14H19F3O2/c1-3-4-5-6-9-19-13-8-7-11(10-12(13)15)14(16,17)18-2/h7-8,10H,3-6,9H2,1-2H3. The van der Waals surface area contributed by atoms with Gasteiger partial charge >= 0.3 is 6.11 Å². The predicted octanol–water partition coefficient (Wildman–Crippen LogP) is 4.48. The summed E-state index contributed by atoms with van der Waals surface area (Å²) in [6.07, 6.45) is 0.557. The van der Waals surface area contributed by atoms with E-state index in [1.165, 1.54) is 6.07 Å². The number of hydrogen-bond donors (Lipinski definition) is 0. The van der Waals surface area contributed by atoms with Crippen LogP contribution in [0.2, 0.25) is 0 Å². The van der Waals surface area contributed by atoms with Gasteiger partial charge in [-0.15, -0.1) is 0 Å². The van der Waals surface area contributed by atoms with Gasteiger partial charge in [0.15, 0.2) is 11.6 Å². The zero-order valence-corrected chi connectivity index (χ0v) is 11.2. The molecule has 1 aromatic rings. The molecule has 0 saturated carbocycles. The van der Waals surface area contributed by atoms with Crippen molar-refractivity contribution in [1.29, 1.82) is 0 Å². The van der Waals surface area contributed by atoms with Gasteiger partial charge in [0.25, 0.3) is 0 Å². The van der Waals surface area contributed by atoms with Gasteiger partial charge in [-0.1, -0.05) is 26.2 Å². The van der Waals surface area contributed by atoms with Gasteiger partial charge < -0.3 is 9.47 Å². The molecule has 0 amide bonds. The fourth-order valence-corrected chi connectivity index (χ4v) is 1.63. The summed E-state index contributed by atoms with van der Waals surface area (Å²) in [7, 11) is 0.871. The Balaban J connectivity index is 2.58. The van der Waals surface area contributed by atoms with Crippen LogP contribution < -0.4 is 4.74 Å². The van der Waals surface area contributed by atoms with Crippen molar-refractivity contribution in [3.05, 3.63) is 29.6 Å². The highest BCUT2D eigenvalue weighted by Gasteiger charge is 2.32. The number of alkyl halides is 2. The zero-order chi connectivity index (χ0) is 14.3. The number of rotatable bonds is 8. The van der Waals surface area contributed by atoms with Crippen LogP contribution in [0.15, 0.2) is 18.2 Å². The lowest BCUT2D eigenvalue weighted by molar-refractivity contribution is -0.231. The van der Waals surface area contributed by atoms with Gasteiger partial charge in [-0.25, -0.2) is 4.39 Å². The summed E-state index contributed by atoms with van der Waals surface area (Å²) >= 11 is 0. The van der Waals surface area contributed by atoms with Crippen LogP contribution in [0.5, 0.6) is 5.75 Å². The molecule has 19 heavy (non-hydrogen) atoms. The van der Waals surface area contributed by atoms with Gasteiger partial charge in [0.2, 0.25) is 0 Å². The predicted molar refractivity (Wildman–Crippen MR) is 66.9 cm³/mol. The maximum atomic E-state index is 13.6. The van der Waals surface area contributed by atoms with E-state index in [2.05, 4.69) is 11.7 Å². The monoisotopic (exact) mass is 276 g/mol. The fourth-order valence-electron chi connectivity index (χ4n) is 1.63. The van der Waals surface area contributed by atoms with Crippen LogP contribution in [-0.2, 0) is 10.8 Å². The van der Waals surface area contributed by atoms with E-state index in [0.29, 0.717) is 6.61 Å². The Morgan fingerprint density at radius 1 is 1.16 bits per heavy atom. The fraction of sp³-hybridized carbons (Fsp3) is 0.571. The summed E-state index contributed by atoms with van der Waals surface area (Å²) in [6, 6.07) is 3.05. The SMILES string of the molecule is CCCCCCOc1ccc(C(F)(F)OC)cc1F. The van der Waals surface area contributed by atoms with E-state index in [1.807, 2.05) is 0 Å². The van der Waals surface area contributed by atoms with Crippen LogP contribution in [0.3, 0.4) is 0 Å². The van der Waals surface area contributed by atoms with Crippen LogP contribution >= 0.6 is 0 Å². The van der Waals surface area contributed by atoms with Gasteiger partial charge in [-0.05, 0) is 24.6 Å². The molecule has 0 spiro atoms. The quantitative estimate of drug-likeness (QED) is 0.652. The van der Waals surface area contributed by atoms with Crippen molar-refractivity contribution < 1.29 is 22.6 Å². The summed E-state index contributed by atoms with van der Waals surface area (Å²) in [4.78, 5) is 0. The molecule has 0 aliphatic heterocycles. The van der Waals surface area contributed by atoms with E-state index >= 15 is 0 Å². The maximum Gasteiger partial charge on any atom is 0.383 e. The van der Waals surface area contributed by atoms with Crippen molar-refractivity contribution in [2.75, 3.05) is 13.7 Å². The van der Waals surface area contributed by atoms with Crippen LogP contribution in [-0.4, -0.2) is 13.7 Å². The molecule has 0 fully saturated rings. The molecule has 1 rings (SSSR count). The molecule has 2 nitrogen and oxygen atoms in total. The number of unbranched alkanes of at least 4 members (excludes halogenated alkanes) is 3. The van der Waals surface area contributed by atoms with Gasteiger partial charge in [0, 0.05) is 7.11 Å². The van der Waals surface area contributed by atoms with E-state index in [-0.39, 0.29) is 5.75 Å². The molecule has 0 saturated heterocycles. The summed E-state index contributed by atoms with van der Waals surface area (Å²) < 4.78 is 49.1. The first-order valence-corrected chi connectivity index (χ1v) is 6.37. The number of halogens is 3. The minimum absolute atomic E-state index is 0.00727. The van der Waals surface area contributed by atoms with Gasteiger partial charge in [-0.2, -0.15) is 8.78 Å². The van der Waals surface area contributed by atoms with E-state index in [4.69, 9.17) is 4.74 Å². The molecule has 5 heteroatoms. The smallest absolute Gasteiger partial charge is 0.383 e. The van der Waals surface area contributed by atoms with E-state index < -0.39 is 17.5 Å². The molecule has 0 bridgehead atoms. The lowest BCUT2D eigenvalue weighted by Gasteiger charge is -2.15. The second-order valence-corrected chi connectivity index (χ2v) is 4.28. The average molecular weight is 276 g/mol. The highest BCUT2D eigenvalue weighted by molar-refractivity contribution is 5.30. The molecule has 0 unspecified atom stereocenters. The van der Waals surface area contributed by atoms with Crippen molar-refractivity contribution in [3.8, 4) is 5.75 Å². The van der Waals surface area contributed by atoms with Crippen LogP contribution in [0.25, 0.3) is 0 Å². The Hall–Kier alpha value is -1.23. The molecular weight excluding hydrogens is 257 g/mol. The van der Waals surface area contributed by atoms with Crippen molar-refractivity contribution in [3.63, 3.8) is 0 Å². The highest BCUT2D eigenvalue weighted by atomic mass is 19.3. The van der Waals surface area contributed by atoms with E-state index in [1.54, 1.807) is 0 Å². The molecule has 0 heterocycles. The molecule has 1 aromatic carbocycles. The normalized spacial score (nSPS) is 11.6. The number of methoxy groups -OCH3 is 1. The largest absolute Gasteiger partial charge is 0.491 e. The Kier molecular flexibility index (Phi) is 6.15. The van der Waals surface area contributed by atoms with E-state index in [0.717, 1.165) is 44.9 Å². The van der Waals surface area contributed by atoms with Crippen LogP contribution in [0.4, 0.5) is 13.2 Å². The molecule has 0 atom stereocenters. The highest BCUT2D eigenvalue weighted by Crippen LogP contribution is 2.31. The molecule has 0 N–H and O–H groups in total. The summed E-state index contributed by atoms with van der Waals surface area (Å²) in [5, 5.41) is 0. The third-order valence-corrected chi connectivity index (χ3v) is 2.78. The van der Waals surface area contributed by atoms with Crippen molar-refractivity contribution >= 4 is 0 Å². The van der Waals surface area contributed by atoms with E-state index in [9.17, 15) is 13.2 Å². The minimum Gasteiger partial charge on any atom is -0.491 e. The van der Waals surface area contributed by atoms with Gasteiger partial charge in [-0.3, -0.25) is 0 Å². The average Bonchev–Trinajstić information content (AvgIpc) is 2.40. The van der Waals surface area contributed by atoms with Crippen molar-refractivity contribution in [2.24, 2.45) is 0 Å². The second-order valence-electron chi connectivity index (χ2n) is 4.28. The Bertz CT molecular complexity index is 394. The van der Waals surface area contributed by atoms with Crippen molar-refractivity contribution in [2.45, 2.75) is 38.7 Å². The Morgan fingerprint density at radius 2 is 1.89 bits per heavy atom. The van der Waals surface area contributed by atoms with Gasteiger partial charge in [0.1, 0.15) is 0 Å². The molecule has 0 aromatic heterocycles. The maximum absolute atomic E-state index is 13.6. The lowest BCUT2D eigenvalue weighted by atomic mass is 10.2. The number of hydrogen-bond acceptors (Lipinski definition) is 2. The van der Waals surface area contributed by atoms with Crippen LogP contribution in [0, 0.1) is 5.82 Å². The first-order valence-electron chi connectivity index (χ1n) is 6.37. The molecule has 0 aliphatic rings. The Labute approximate surface area is 111 Å². The third kappa shape index (κ3) is 4.74. The Morgan fingerprint density at radius 3 is 2.47 bits per heavy atom. The van der Waals surface area contributed by atoms with Crippen LogP contribution in [0.1, 0.15) is 38.2 Å².